The molecule has 2 aromatic carbocycles. The molecule has 0 bridgehead atoms. The molecule has 44 heavy (non-hydrogen) atoms. The van der Waals surface area contributed by atoms with E-state index in [0.29, 0.717) is 22.6 Å². The van der Waals surface area contributed by atoms with Crippen molar-refractivity contribution >= 4 is 9.84 Å². The number of rotatable bonds is 8. The van der Waals surface area contributed by atoms with Crippen molar-refractivity contribution in [1.82, 2.24) is 0 Å². The van der Waals surface area contributed by atoms with Crippen molar-refractivity contribution in [3.8, 4) is 0 Å². The van der Waals surface area contributed by atoms with Gasteiger partial charge in [-0.3, -0.25) is 0 Å². The third-order valence-corrected chi connectivity index (χ3v) is 15.9. The van der Waals surface area contributed by atoms with E-state index in [4.69, 9.17) is 0 Å². The van der Waals surface area contributed by atoms with Gasteiger partial charge < -0.3 is 10.2 Å². The van der Waals surface area contributed by atoms with Gasteiger partial charge in [0.2, 0.25) is 0 Å². The summed E-state index contributed by atoms with van der Waals surface area (Å²) in [4.78, 5) is 0.360. The first kappa shape index (κ1) is 32.0. The van der Waals surface area contributed by atoms with E-state index < -0.39 is 26.8 Å². The lowest BCUT2D eigenvalue weighted by Crippen LogP contribution is -2.53. The van der Waals surface area contributed by atoms with Crippen LogP contribution >= 0.6 is 0 Å². The Morgan fingerprint density at radius 2 is 1.70 bits per heavy atom. The summed E-state index contributed by atoms with van der Waals surface area (Å²) in [6.07, 6.45) is 11.1. The van der Waals surface area contributed by atoms with Gasteiger partial charge in [-0.2, -0.15) is 0 Å². The number of fused-ring (bicyclic) bond motifs is 5. The summed E-state index contributed by atoms with van der Waals surface area (Å²) in [5.74, 6) is 2.05. The number of benzene rings is 2. The lowest BCUT2D eigenvalue weighted by molar-refractivity contribution is -0.0755. The fourth-order valence-electron chi connectivity index (χ4n) is 10.8. The summed E-state index contributed by atoms with van der Waals surface area (Å²) in [5.41, 5.74) is 3.07. The van der Waals surface area contributed by atoms with Gasteiger partial charge in [0.25, 0.3) is 0 Å². The quantitative estimate of drug-likeness (QED) is 0.291. The van der Waals surface area contributed by atoms with Crippen LogP contribution in [0, 0.1) is 47.3 Å². The van der Waals surface area contributed by atoms with Gasteiger partial charge in [-0.1, -0.05) is 87.4 Å². The molecule has 0 saturated heterocycles. The highest BCUT2D eigenvalue weighted by atomic mass is 32.2. The van der Waals surface area contributed by atoms with Crippen LogP contribution in [0.5, 0.6) is 0 Å². The Hall–Kier alpha value is -1.95. The smallest absolute Gasteiger partial charge is 0.181 e. The van der Waals surface area contributed by atoms with Gasteiger partial charge in [0, 0.05) is 0 Å². The molecule has 4 nitrogen and oxygen atoms in total. The zero-order valence-corrected chi connectivity index (χ0v) is 28.3. The van der Waals surface area contributed by atoms with Gasteiger partial charge in [0.1, 0.15) is 0 Å². The largest absolute Gasteiger partial charge is 0.390 e. The Kier molecular flexibility index (Phi) is 8.50. The molecule has 10 atom stereocenters. The molecule has 4 aliphatic carbocycles. The maximum atomic E-state index is 14.4. The molecule has 3 fully saturated rings. The maximum Gasteiger partial charge on any atom is 0.181 e. The second kappa shape index (κ2) is 11.7. The molecule has 2 N–H and O–H groups in total. The molecule has 0 aromatic heterocycles. The zero-order chi connectivity index (χ0) is 31.5. The number of allylic oxidation sites excluding steroid dienone is 1. The number of sulfone groups is 1. The van der Waals surface area contributed by atoms with E-state index in [-0.39, 0.29) is 29.1 Å². The van der Waals surface area contributed by atoms with Crippen LogP contribution in [-0.2, 0) is 9.84 Å². The molecule has 1 unspecified atom stereocenters. The minimum absolute atomic E-state index is 0.0780. The molecule has 4 aliphatic rings. The van der Waals surface area contributed by atoms with Crippen molar-refractivity contribution < 1.29 is 18.6 Å². The van der Waals surface area contributed by atoms with E-state index in [1.54, 1.807) is 24.3 Å². The Balaban J connectivity index is 1.30. The Morgan fingerprint density at radius 1 is 0.955 bits per heavy atom. The average Bonchev–Trinajstić information content (AvgIpc) is 3.37. The molecule has 5 heteroatoms. The molecule has 0 radical (unpaired) electrons. The van der Waals surface area contributed by atoms with Crippen molar-refractivity contribution in [3.63, 3.8) is 0 Å². The first-order chi connectivity index (χ1) is 20.8. The Morgan fingerprint density at radius 3 is 2.41 bits per heavy atom. The van der Waals surface area contributed by atoms with Crippen molar-refractivity contribution in [2.45, 2.75) is 121 Å². The number of aryl methyl sites for hydroxylation is 1. The topological polar surface area (TPSA) is 74.6 Å². The molecule has 0 aliphatic heterocycles. The monoisotopic (exact) mass is 618 g/mol. The van der Waals surface area contributed by atoms with Crippen molar-refractivity contribution in [2.24, 2.45) is 40.4 Å². The van der Waals surface area contributed by atoms with E-state index in [2.05, 4.69) is 33.8 Å². The molecule has 240 valence electrons. The lowest BCUT2D eigenvalue weighted by atomic mass is 9.46. The number of aliphatic hydroxyl groups is 2. The van der Waals surface area contributed by atoms with Gasteiger partial charge in [-0.05, 0) is 129 Å². The van der Waals surface area contributed by atoms with Crippen LogP contribution in [0.2, 0.25) is 0 Å². The standard InChI is InChI=1S/C39H54O4S/c1-6-39(41)22-21-37(4)29(25-39)15-16-31-33-18-17-32(38(33,5)20-19-34(31)37)27(3)36(44(42,43)30-13-8-7-9-14-30)24-35(40)28-12-10-11-26(2)23-28/h7-15,23,27,31-36,40-41H,6,16-22,24-25H2,1-5H3/t27-,31-,32+,33-,34-,35+,36?,37-,38+,39-/m0/s1. The average molecular weight is 619 g/mol. The van der Waals surface area contributed by atoms with Crippen LogP contribution in [0.25, 0.3) is 0 Å². The molecular formula is C39H54O4S. The SMILES string of the molecule is CC[C@]1(O)CC[C@@]2(C)C(=CC[C@H]3[C@@H]4CC[C@H]([C@H](C)C(C[C@@H](O)c5cccc(C)c5)S(=O)(=O)c5ccccc5)[C@@]4(C)CC[C@@H]32)C1. The first-order valence-electron chi connectivity index (χ1n) is 17.3. The van der Waals surface area contributed by atoms with Crippen LogP contribution in [0.15, 0.2) is 71.1 Å². The second-order valence-corrected chi connectivity index (χ2v) is 17.8. The number of hydrogen-bond acceptors (Lipinski definition) is 4. The van der Waals surface area contributed by atoms with Crippen LogP contribution < -0.4 is 0 Å². The van der Waals surface area contributed by atoms with Crippen LogP contribution in [0.1, 0.15) is 109 Å². The van der Waals surface area contributed by atoms with Crippen molar-refractivity contribution in [1.29, 1.82) is 0 Å². The van der Waals surface area contributed by atoms with Crippen LogP contribution in [0.3, 0.4) is 0 Å². The van der Waals surface area contributed by atoms with E-state index in [0.717, 1.165) is 62.5 Å². The highest BCUT2D eigenvalue weighted by Crippen LogP contribution is 2.68. The summed E-state index contributed by atoms with van der Waals surface area (Å²) < 4.78 is 28.8. The molecule has 3 saturated carbocycles. The van der Waals surface area contributed by atoms with Gasteiger partial charge in [-0.25, -0.2) is 8.42 Å². The third kappa shape index (κ3) is 5.33. The highest BCUT2D eigenvalue weighted by Gasteiger charge is 2.61. The summed E-state index contributed by atoms with van der Waals surface area (Å²) in [7, 11) is -3.67. The normalized spacial score (nSPS) is 37.2. The number of aliphatic hydroxyl groups excluding tert-OH is 1. The predicted octanol–water partition coefficient (Wildman–Crippen LogP) is 8.62. The maximum absolute atomic E-state index is 14.4. The van der Waals surface area contributed by atoms with Gasteiger partial charge in [0.15, 0.2) is 9.84 Å². The van der Waals surface area contributed by atoms with E-state index in [1.807, 2.05) is 37.3 Å². The Bertz CT molecular complexity index is 1480. The summed E-state index contributed by atoms with van der Waals surface area (Å²) >= 11 is 0. The van der Waals surface area contributed by atoms with E-state index in [9.17, 15) is 18.6 Å². The molecule has 0 spiro atoms. The lowest BCUT2D eigenvalue weighted by Gasteiger charge is -2.59. The molecular weight excluding hydrogens is 564 g/mol. The van der Waals surface area contributed by atoms with Crippen molar-refractivity contribution in [3.05, 3.63) is 77.4 Å². The fraction of sp³-hybridized carbons (Fsp3) is 0.641. The Labute approximate surface area is 266 Å². The summed E-state index contributed by atoms with van der Waals surface area (Å²) in [5, 5.41) is 22.0. The summed E-state index contributed by atoms with van der Waals surface area (Å²) in [6.45, 7) is 11.3. The van der Waals surface area contributed by atoms with E-state index >= 15 is 0 Å². The molecule has 6 rings (SSSR count). The van der Waals surface area contributed by atoms with Crippen molar-refractivity contribution in [2.75, 3.05) is 0 Å². The third-order valence-electron chi connectivity index (χ3n) is 13.6. The van der Waals surface area contributed by atoms with Gasteiger partial charge in [0.05, 0.1) is 21.9 Å². The minimum atomic E-state index is -3.67. The predicted molar refractivity (Wildman–Crippen MR) is 178 cm³/mol. The molecule has 2 aromatic rings. The molecule has 0 amide bonds. The molecule has 0 heterocycles. The number of hydrogen-bond donors (Lipinski definition) is 2. The van der Waals surface area contributed by atoms with Gasteiger partial charge in [-0.15, -0.1) is 0 Å². The zero-order valence-electron chi connectivity index (χ0n) is 27.5. The summed E-state index contributed by atoms with van der Waals surface area (Å²) in [6, 6.07) is 16.8. The van der Waals surface area contributed by atoms with E-state index in [1.165, 1.54) is 12.0 Å². The van der Waals surface area contributed by atoms with Crippen LogP contribution in [-0.4, -0.2) is 29.5 Å². The van der Waals surface area contributed by atoms with Gasteiger partial charge >= 0.3 is 0 Å². The minimum Gasteiger partial charge on any atom is -0.390 e. The highest BCUT2D eigenvalue weighted by molar-refractivity contribution is 7.92. The first-order valence-corrected chi connectivity index (χ1v) is 18.8. The second-order valence-electron chi connectivity index (χ2n) is 15.7. The fourth-order valence-corrected chi connectivity index (χ4v) is 12.9. The van der Waals surface area contributed by atoms with Crippen LogP contribution in [0.4, 0.5) is 0 Å².